The molecule has 2 aromatic rings. The number of ether oxygens (including phenoxy) is 1. The van der Waals surface area contributed by atoms with Gasteiger partial charge in [0.15, 0.2) is 0 Å². The predicted molar refractivity (Wildman–Crippen MR) is 176 cm³/mol. The second-order valence-corrected chi connectivity index (χ2v) is 14.4. The molecule has 1 aliphatic heterocycles. The zero-order valence-corrected chi connectivity index (χ0v) is 28.1. The Morgan fingerprint density at radius 1 is 1.20 bits per heavy atom. The smallest absolute Gasteiger partial charge is 0.240 e. The molecule has 45 heavy (non-hydrogen) atoms. The van der Waals surface area contributed by atoms with Crippen molar-refractivity contribution >= 4 is 5.91 Å². The number of fused-ring (bicyclic) bond motifs is 2. The van der Waals surface area contributed by atoms with E-state index in [1.807, 2.05) is 18.2 Å². The third-order valence-electron chi connectivity index (χ3n) is 11.0. The lowest BCUT2D eigenvalue weighted by Gasteiger charge is -2.62. The number of nitrogens with one attached hydrogen (secondary N) is 2. The van der Waals surface area contributed by atoms with Crippen molar-refractivity contribution in [2.24, 2.45) is 29.1 Å². The SMILES string of the molecule is COc1c(CN2O[C@@H](CO)[C@H]([C@H](C)O)[C@H]2C(=O)N[C@H]2C[C@H]3C[C@@H]([C@@H]2C)C3(C)C)cccc1-c1cccc(CNCCN(C)C)c1. The molecule has 248 valence electrons. The maximum atomic E-state index is 14.1. The van der Waals surface area contributed by atoms with Crippen molar-refractivity contribution in [2.45, 2.75) is 77.9 Å². The number of rotatable bonds is 13. The summed E-state index contributed by atoms with van der Waals surface area (Å²) >= 11 is 0. The van der Waals surface area contributed by atoms with Crippen molar-refractivity contribution < 1.29 is 24.6 Å². The van der Waals surface area contributed by atoms with Gasteiger partial charge >= 0.3 is 0 Å². The van der Waals surface area contributed by atoms with E-state index in [2.05, 4.69) is 74.7 Å². The molecular weight excluding hydrogens is 568 g/mol. The van der Waals surface area contributed by atoms with Crippen molar-refractivity contribution in [3.8, 4) is 16.9 Å². The predicted octanol–water partition coefficient (Wildman–Crippen LogP) is 3.67. The van der Waals surface area contributed by atoms with Gasteiger partial charge in [-0.1, -0.05) is 57.2 Å². The zero-order valence-electron chi connectivity index (χ0n) is 28.1. The van der Waals surface area contributed by atoms with E-state index in [-0.39, 0.29) is 25.1 Å². The highest BCUT2D eigenvalue weighted by atomic mass is 16.7. The number of aliphatic hydroxyl groups is 2. The topological polar surface area (TPSA) is 107 Å². The van der Waals surface area contributed by atoms with Gasteiger partial charge in [0, 0.05) is 42.7 Å². The molecule has 2 bridgehead atoms. The van der Waals surface area contributed by atoms with Crippen LogP contribution >= 0.6 is 0 Å². The number of nitrogens with zero attached hydrogens (tertiary/aromatic N) is 2. The maximum Gasteiger partial charge on any atom is 0.240 e. The zero-order chi connectivity index (χ0) is 32.5. The first-order chi connectivity index (χ1) is 21.5. The lowest BCUT2D eigenvalue weighted by molar-refractivity contribution is -0.183. The lowest BCUT2D eigenvalue weighted by atomic mass is 9.45. The average molecular weight is 623 g/mol. The van der Waals surface area contributed by atoms with Gasteiger partial charge in [0.05, 0.1) is 26.4 Å². The standard InChI is InChI=1S/C36H54N4O5/c1-22-29-17-27(36(29,3)4)18-30(22)38-35(43)33-32(23(2)42)31(21-41)45-40(33)20-26-12-9-13-28(34(26)44-7)25-11-8-10-24(16-25)19-37-14-15-39(5)6/h8-13,16,22-23,27,29-33,37,41-42H,14-15,17-21H2,1-7H3,(H,38,43)/t22-,23-,27+,29-,30-,31-,32-,33-/m0/s1. The number of hydrogen-bond acceptors (Lipinski definition) is 8. The Labute approximate surface area is 269 Å². The first kappa shape index (κ1) is 33.8. The molecule has 0 spiro atoms. The summed E-state index contributed by atoms with van der Waals surface area (Å²) in [5.41, 5.74) is 4.35. The minimum atomic E-state index is -0.846. The van der Waals surface area contributed by atoms with Crippen LogP contribution in [-0.2, 0) is 22.7 Å². The van der Waals surface area contributed by atoms with Gasteiger partial charge in [0.25, 0.3) is 0 Å². The number of amides is 1. The van der Waals surface area contributed by atoms with Crippen LogP contribution in [0.15, 0.2) is 42.5 Å². The van der Waals surface area contributed by atoms with Gasteiger partial charge < -0.3 is 30.5 Å². The fraction of sp³-hybridized carbons (Fsp3) is 0.639. The third-order valence-corrected chi connectivity index (χ3v) is 11.0. The summed E-state index contributed by atoms with van der Waals surface area (Å²) in [6, 6.07) is 13.8. The number of aliphatic hydroxyl groups excluding tert-OH is 2. The van der Waals surface area contributed by atoms with Gasteiger partial charge in [0.1, 0.15) is 17.9 Å². The normalized spacial score (nSPS) is 29.8. The highest BCUT2D eigenvalue weighted by Crippen LogP contribution is 2.61. The van der Waals surface area contributed by atoms with Crippen LogP contribution in [0.25, 0.3) is 11.1 Å². The Morgan fingerprint density at radius 2 is 1.96 bits per heavy atom. The Bertz CT molecular complexity index is 1320. The van der Waals surface area contributed by atoms with Crippen molar-refractivity contribution in [3.05, 3.63) is 53.6 Å². The number of para-hydroxylation sites is 1. The van der Waals surface area contributed by atoms with E-state index in [9.17, 15) is 15.0 Å². The fourth-order valence-corrected chi connectivity index (χ4v) is 8.21. The Morgan fingerprint density at radius 3 is 2.60 bits per heavy atom. The minimum absolute atomic E-state index is 0.0847. The average Bonchev–Trinajstić information content (AvgIpc) is 3.38. The van der Waals surface area contributed by atoms with E-state index in [1.165, 1.54) is 12.0 Å². The summed E-state index contributed by atoms with van der Waals surface area (Å²) in [7, 11) is 5.80. The lowest BCUT2D eigenvalue weighted by Crippen LogP contribution is -2.62. The van der Waals surface area contributed by atoms with E-state index in [0.717, 1.165) is 42.7 Å². The monoisotopic (exact) mass is 622 g/mol. The summed E-state index contributed by atoms with van der Waals surface area (Å²) < 4.78 is 6.00. The number of benzene rings is 2. The number of likely N-dealkylation sites (N-methyl/N-ethyl adjacent to an activating group) is 1. The molecule has 9 heteroatoms. The second kappa shape index (κ2) is 14.1. The largest absolute Gasteiger partial charge is 0.496 e. The van der Waals surface area contributed by atoms with Crippen molar-refractivity contribution in [1.29, 1.82) is 0 Å². The van der Waals surface area contributed by atoms with E-state index in [0.29, 0.717) is 28.9 Å². The Balaban J connectivity index is 1.37. The number of hydrogen-bond donors (Lipinski definition) is 4. The minimum Gasteiger partial charge on any atom is -0.496 e. The molecule has 8 atom stereocenters. The van der Waals surface area contributed by atoms with Gasteiger partial charge in [-0.3, -0.25) is 9.63 Å². The maximum absolute atomic E-state index is 14.1. The second-order valence-electron chi connectivity index (χ2n) is 14.4. The summed E-state index contributed by atoms with van der Waals surface area (Å²) in [5, 5.41) is 29.6. The van der Waals surface area contributed by atoms with Crippen LogP contribution in [0.5, 0.6) is 5.75 Å². The Kier molecular flexibility index (Phi) is 10.6. The number of carbonyl (C=O) groups is 1. The van der Waals surface area contributed by atoms with Crippen molar-refractivity contribution in [1.82, 2.24) is 20.6 Å². The summed E-state index contributed by atoms with van der Waals surface area (Å²) in [6.07, 6.45) is 0.657. The third kappa shape index (κ3) is 6.94. The molecule has 3 saturated carbocycles. The molecule has 1 saturated heterocycles. The van der Waals surface area contributed by atoms with E-state index in [4.69, 9.17) is 9.57 Å². The molecule has 9 nitrogen and oxygen atoms in total. The highest BCUT2D eigenvalue weighted by Gasteiger charge is 2.57. The van der Waals surface area contributed by atoms with Gasteiger partial charge in [-0.05, 0) is 74.2 Å². The van der Waals surface area contributed by atoms with Crippen LogP contribution in [0.3, 0.4) is 0 Å². The quantitative estimate of drug-likeness (QED) is 0.251. The summed E-state index contributed by atoms with van der Waals surface area (Å²) in [5.74, 6) is 1.55. The van der Waals surface area contributed by atoms with Crippen LogP contribution < -0.4 is 15.4 Å². The summed E-state index contributed by atoms with van der Waals surface area (Å²) in [4.78, 5) is 22.5. The first-order valence-electron chi connectivity index (χ1n) is 16.6. The van der Waals surface area contributed by atoms with E-state index < -0.39 is 24.2 Å². The number of hydroxylamine groups is 2. The molecule has 1 amide bonds. The number of methoxy groups -OCH3 is 1. The number of carbonyl (C=O) groups excluding carboxylic acids is 1. The van der Waals surface area contributed by atoms with Crippen LogP contribution in [0, 0.1) is 29.1 Å². The van der Waals surface area contributed by atoms with Gasteiger partial charge in [-0.25, -0.2) is 0 Å². The van der Waals surface area contributed by atoms with E-state index in [1.54, 1.807) is 19.1 Å². The summed E-state index contributed by atoms with van der Waals surface area (Å²) in [6.45, 7) is 11.2. The van der Waals surface area contributed by atoms with Crippen LogP contribution in [-0.4, -0.2) is 91.3 Å². The molecule has 0 aromatic heterocycles. The highest BCUT2D eigenvalue weighted by molar-refractivity contribution is 5.83. The molecule has 3 aliphatic carbocycles. The molecule has 4 N–H and O–H groups in total. The van der Waals surface area contributed by atoms with Gasteiger partial charge in [-0.15, -0.1) is 0 Å². The molecular formula is C36H54N4O5. The van der Waals surface area contributed by atoms with E-state index >= 15 is 0 Å². The molecule has 0 radical (unpaired) electrons. The van der Waals surface area contributed by atoms with Crippen LogP contribution in [0.1, 0.15) is 51.7 Å². The van der Waals surface area contributed by atoms with Crippen LogP contribution in [0.4, 0.5) is 0 Å². The molecule has 1 heterocycles. The molecule has 0 unspecified atom stereocenters. The van der Waals surface area contributed by atoms with Gasteiger partial charge in [0.2, 0.25) is 5.91 Å². The van der Waals surface area contributed by atoms with Crippen molar-refractivity contribution in [3.63, 3.8) is 0 Å². The van der Waals surface area contributed by atoms with Crippen LogP contribution in [0.2, 0.25) is 0 Å². The van der Waals surface area contributed by atoms with Crippen molar-refractivity contribution in [2.75, 3.05) is 40.9 Å². The first-order valence-corrected chi connectivity index (χ1v) is 16.6. The molecule has 4 fully saturated rings. The fourth-order valence-electron chi connectivity index (χ4n) is 8.21. The van der Waals surface area contributed by atoms with Gasteiger partial charge in [-0.2, -0.15) is 5.06 Å². The molecule has 6 rings (SSSR count). The Hall–Kier alpha value is -2.53. The molecule has 2 aromatic carbocycles. The molecule has 4 aliphatic rings.